The van der Waals surface area contributed by atoms with Crippen molar-refractivity contribution in [2.24, 2.45) is 5.92 Å². The van der Waals surface area contributed by atoms with Gasteiger partial charge in [-0.15, -0.1) is 18.2 Å². The summed E-state index contributed by atoms with van der Waals surface area (Å²) in [6.07, 6.45) is 7.51. The van der Waals surface area contributed by atoms with Gasteiger partial charge in [-0.2, -0.15) is 0 Å². The van der Waals surface area contributed by atoms with Crippen LogP contribution in [0.4, 0.5) is 4.79 Å². The van der Waals surface area contributed by atoms with E-state index in [0.29, 0.717) is 31.2 Å². The number of aliphatic carboxylic acids is 1. The fourth-order valence-electron chi connectivity index (χ4n) is 2.35. The summed E-state index contributed by atoms with van der Waals surface area (Å²) in [6.45, 7) is 3.08. The predicted molar refractivity (Wildman–Crippen MR) is 80.7 cm³/mol. The maximum absolute atomic E-state index is 12.0. The molecule has 0 aromatic heterocycles. The van der Waals surface area contributed by atoms with E-state index in [0.717, 1.165) is 18.6 Å². The monoisotopic (exact) mass is 298 g/mol. The van der Waals surface area contributed by atoms with Crippen LogP contribution in [-0.2, 0) is 4.79 Å². The van der Waals surface area contributed by atoms with Gasteiger partial charge in [-0.3, -0.25) is 0 Å². The number of nitrogens with one attached hydrogen (secondary N) is 1. The van der Waals surface area contributed by atoms with E-state index in [-0.39, 0.29) is 6.03 Å². The van der Waals surface area contributed by atoms with Gasteiger partial charge in [-0.05, 0) is 18.8 Å². The lowest BCUT2D eigenvalue weighted by atomic mass is 9.89. The number of terminal acetylenes is 1. The number of carboxylic acids is 1. The molecule has 1 aliphatic rings. The molecule has 1 fully saturated rings. The minimum Gasteiger partial charge on any atom is -0.480 e. The van der Waals surface area contributed by atoms with E-state index in [9.17, 15) is 14.7 Å². The minimum atomic E-state index is -0.917. The lowest BCUT2D eigenvalue weighted by molar-refractivity contribution is -0.144. The van der Waals surface area contributed by atoms with Gasteiger partial charge < -0.3 is 15.3 Å². The van der Waals surface area contributed by atoms with Gasteiger partial charge in [0.15, 0.2) is 0 Å². The van der Waals surface area contributed by atoms with Gasteiger partial charge >= 0.3 is 12.0 Å². The normalized spacial score (nSPS) is 22.1. The van der Waals surface area contributed by atoms with Gasteiger partial charge in [0, 0.05) is 18.8 Å². The summed E-state index contributed by atoms with van der Waals surface area (Å²) < 4.78 is 0. The summed E-state index contributed by atoms with van der Waals surface area (Å²) >= 11 is 1.57. The van der Waals surface area contributed by atoms with Gasteiger partial charge in [0.1, 0.15) is 6.04 Å². The standard InChI is InChI=1S/C14H22N2O3S/c1-3-8-20-9-6-15-14(19)16-7-5-11(4-2)10-12(16)13(17)18/h1,11-12H,4-10H2,2H3,(H,15,19)(H,17,18). The first-order chi connectivity index (χ1) is 9.60. The van der Waals surface area contributed by atoms with Crippen molar-refractivity contribution in [3.63, 3.8) is 0 Å². The van der Waals surface area contributed by atoms with Crippen LogP contribution < -0.4 is 5.32 Å². The number of hydrogen-bond donors (Lipinski definition) is 2. The molecule has 0 aromatic rings. The lowest BCUT2D eigenvalue weighted by Gasteiger charge is -2.36. The third-order valence-electron chi connectivity index (χ3n) is 3.54. The molecule has 0 bridgehead atoms. The minimum absolute atomic E-state index is 0.284. The molecule has 0 radical (unpaired) electrons. The Bertz CT molecular complexity index is 381. The summed E-state index contributed by atoms with van der Waals surface area (Å²) in [5, 5.41) is 12.0. The Morgan fingerprint density at radius 1 is 1.55 bits per heavy atom. The van der Waals surface area contributed by atoms with Crippen molar-refractivity contribution in [3.05, 3.63) is 0 Å². The lowest BCUT2D eigenvalue weighted by Crippen LogP contribution is -2.53. The fourth-order valence-corrected chi connectivity index (χ4v) is 2.86. The van der Waals surface area contributed by atoms with Crippen molar-refractivity contribution < 1.29 is 14.7 Å². The van der Waals surface area contributed by atoms with Gasteiger partial charge in [0.05, 0.1) is 5.75 Å². The Morgan fingerprint density at radius 3 is 2.90 bits per heavy atom. The number of carbonyl (C=O) groups is 2. The van der Waals surface area contributed by atoms with Crippen LogP contribution >= 0.6 is 11.8 Å². The Kier molecular flexibility index (Phi) is 7.31. The highest BCUT2D eigenvalue weighted by Gasteiger charge is 2.35. The summed E-state index contributed by atoms with van der Waals surface area (Å²) in [7, 11) is 0. The number of piperidine rings is 1. The molecule has 1 rings (SSSR count). The van der Waals surface area contributed by atoms with Crippen LogP contribution in [0.15, 0.2) is 0 Å². The molecular formula is C14H22N2O3S. The van der Waals surface area contributed by atoms with E-state index in [2.05, 4.69) is 18.2 Å². The number of rotatable bonds is 6. The number of urea groups is 1. The summed E-state index contributed by atoms with van der Waals surface area (Å²) in [5.41, 5.74) is 0. The number of likely N-dealkylation sites (tertiary alicyclic amines) is 1. The highest BCUT2D eigenvalue weighted by Crippen LogP contribution is 2.25. The maximum atomic E-state index is 12.0. The van der Waals surface area contributed by atoms with Crippen molar-refractivity contribution in [1.82, 2.24) is 10.2 Å². The third-order valence-corrected chi connectivity index (χ3v) is 4.41. The highest BCUT2D eigenvalue weighted by atomic mass is 32.2. The van der Waals surface area contributed by atoms with Crippen LogP contribution in [0.5, 0.6) is 0 Å². The van der Waals surface area contributed by atoms with Crippen molar-refractivity contribution in [2.45, 2.75) is 32.2 Å². The number of hydrogen-bond acceptors (Lipinski definition) is 3. The zero-order valence-electron chi connectivity index (χ0n) is 11.8. The van der Waals surface area contributed by atoms with E-state index < -0.39 is 12.0 Å². The van der Waals surface area contributed by atoms with Gasteiger partial charge in [0.25, 0.3) is 0 Å². The second-order valence-corrected chi connectivity index (χ2v) is 5.94. The van der Waals surface area contributed by atoms with E-state index in [1.807, 2.05) is 0 Å². The molecule has 112 valence electrons. The van der Waals surface area contributed by atoms with Crippen molar-refractivity contribution in [1.29, 1.82) is 0 Å². The number of amides is 2. The number of carbonyl (C=O) groups excluding carboxylic acids is 1. The Morgan fingerprint density at radius 2 is 2.30 bits per heavy atom. The molecule has 0 spiro atoms. The van der Waals surface area contributed by atoms with Crippen LogP contribution in [0.2, 0.25) is 0 Å². The first-order valence-corrected chi connectivity index (χ1v) is 8.04. The predicted octanol–water partition coefficient (Wildman–Crippen LogP) is 1.64. The molecule has 20 heavy (non-hydrogen) atoms. The maximum Gasteiger partial charge on any atom is 0.326 e. The smallest absolute Gasteiger partial charge is 0.326 e. The number of carboxylic acid groups (broad SMARTS) is 1. The molecule has 1 saturated heterocycles. The quantitative estimate of drug-likeness (QED) is 0.578. The molecule has 2 atom stereocenters. The average molecular weight is 298 g/mol. The molecule has 2 N–H and O–H groups in total. The average Bonchev–Trinajstić information content (AvgIpc) is 2.46. The molecule has 6 heteroatoms. The molecule has 2 amide bonds. The largest absolute Gasteiger partial charge is 0.480 e. The van der Waals surface area contributed by atoms with Crippen molar-refractivity contribution in [3.8, 4) is 12.3 Å². The first-order valence-electron chi connectivity index (χ1n) is 6.88. The van der Waals surface area contributed by atoms with Crippen LogP contribution in [0.1, 0.15) is 26.2 Å². The summed E-state index contributed by atoms with van der Waals surface area (Å²) in [4.78, 5) is 24.8. The van der Waals surface area contributed by atoms with Crippen LogP contribution in [-0.4, -0.2) is 52.6 Å². The first kappa shape index (κ1) is 16.7. The molecule has 0 saturated carbocycles. The van der Waals surface area contributed by atoms with Gasteiger partial charge in [-0.25, -0.2) is 9.59 Å². The van der Waals surface area contributed by atoms with E-state index >= 15 is 0 Å². The zero-order chi connectivity index (χ0) is 15.0. The van der Waals surface area contributed by atoms with Crippen LogP contribution in [0, 0.1) is 18.3 Å². The molecule has 0 aliphatic carbocycles. The van der Waals surface area contributed by atoms with E-state index in [1.54, 1.807) is 11.8 Å². The Hall–Kier alpha value is -1.35. The summed E-state index contributed by atoms with van der Waals surface area (Å²) in [5.74, 6) is 3.35. The van der Waals surface area contributed by atoms with Gasteiger partial charge in [0.2, 0.25) is 0 Å². The third kappa shape index (κ3) is 4.97. The number of thioether (sulfide) groups is 1. The van der Waals surface area contributed by atoms with Crippen LogP contribution in [0.3, 0.4) is 0 Å². The van der Waals surface area contributed by atoms with E-state index in [1.165, 1.54) is 4.90 Å². The van der Waals surface area contributed by atoms with Crippen LogP contribution in [0.25, 0.3) is 0 Å². The second-order valence-electron chi connectivity index (χ2n) is 4.83. The Balaban J connectivity index is 2.44. The molecule has 1 aliphatic heterocycles. The van der Waals surface area contributed by atoms with E-state index in [4.69, 9.17) is 6.42 Å². The summed E-state index contributed by atoms with van der Waals surface area (Å²) in [6, 6.07) is -0.986. The van der Waals surface area contributed by atoms with Crippen molar-refractivity contribution in [2.75, 3.05) is 24.6 Å². The number of nitrogens with zero attached hydrogens (tertiary/aromatic N) is 1. The molecule has 5 nitrogen and oxygen atoms in total. The molecule has 2 unspecified atom stereocenters. The zero-order valence-corrected chi connectivity index (χ0v) is 12.6. The second kappa shape index (κ2) is 8.75. The molecule has 1 heterocycles. The topological polar surface area (TPSA) is 69.6 Å². The molecular weight excluding hydrogens is 276 g/mol. The molecule has 0 aromatic carbocycles. The SMILES string of the molecule is C#CCSCCNC(=O)N1CCC(CC)CC1C(=O)O. The fraction of sp³-hybridized carbons (Fsp3) is 0.714. The van der Waals surface area contributed by atoms with Crippen molar-refractivity contribution >= 4 is 23.8 Å². The Labute approximate surface area is 124 Å². The highest BCUT2D eigenvalue weighted by molar-refractivity contribution is 7.99. The van der Waals surface area contributed by atoms with Gasteiger partial charge in [-0.1, -0.05) is 19.3 Å².